The summed E-state index contributed by atoms with van der Waals surface area (Å²) in [5, 5.41) is 0. The quantitative estimate of drug-likeness (QED) is 0.639. The van der Waals surface area contributed by atoms with Crippen molar-refractivity contribution in [2.24, 2.45) is 0 Å². The number of rotatable bonds is 7. The third-order valence-corrected chi connectivity index (χ3v) is 5.50. The Balaban J connectivity index is 1.98. The minimum absolute atomic E-state index is 0.0604. The van der Waals surface area contributed by atoms with Crippen LogP contribution < -0.4 is 17.1 Å². The van der Waals surface area contributed by atoms with Crippen LogP contribution >= 0.6 is 0 Å². The molecule has 1 aromatic carbocycles. The lowest BCUT2D eigenvalue weighted by Crippen LogP contribution is -2.55. The number of hydrogen-bond acceptors (Lipinski definition) is 4. The molecule has 30 heavy (non-hydrogen) atoms. The van der Waals surface area contributed by atoms with Gasteiger partial charge in [-0.3, -0.25) is 4.79 Å². The smallest absolute Gasteiger partial charge is 0.337 e. The molecule has 0 N–H and O–H groups in total. The van der Waals surface area contributed by atoms with Gasteiger partial charge in [0.1, 0.15) is 6.54 Å². The molecule has 0 radical (unpaired) electrons. The van der Waals surface area contributed by atoms with Gasteiger partial charge in [0.05, 0.1) is 19.1 Å². The molecule has 1 aliphatic rings. The van der Waals surface area contributed by atoms with Crippen LogP contribution in [0.5, 0.6) is 0 Å². The number of aryl methyl sites for hydroxylation is 1. The van der Waals surface area contributed by atoms with Crippen LogP contribution in [0.25, 0.3) is 0 Å². The van der Waals surface area contributed by atoms with Crippen LogP contribution in [-0.2, 0) is 30.8 Å². The predicted octanol–water partition coefficient (Wildman–Crippen LogP) is 1.08. The molecule has 1 amide bonds. The lowest BCUT2D eigenvalue weighted by Gasteiger charge is -2.33. The van der Waals surface area contributed by atoms with Crippen LogP contribution in [0.2, 0.25) is 0 Å². The average molecular weight is 410 g/mol. The average Bonchev–Trinajstić information content (AvgIpc) is 2.76. The number of amides is 1. The van der Waals surface area contributed by atoms with Gasteiger partial charge in [-0.2, -0.15) is 0 Å². The van der Waals surface area contributed by atoms with Crippen molar-refractivity contribution in [2.45, 2.75) is 44.9 Å². The number of likely N-dealkylation sites (N-methyl/N-ethyl adjacent to an activating group) is 1. The summed E-state index contributed by atoms with van der Waals surface area (Å²) in [6.07, 6.45) is 5.51. The van der Waals surface area contributed by atoms with E-state index < -0.39 is 23.6 Å². The van der Waals surface area contributed by atoms with Gasteiger partial charge in [-0.15, -0.1) is 13.2 Å². The summed E-state index contributed by atoms with van der Waals surface area (Å²) in [6, 6.07) is 7.87. The van der Waals surface area contributed by atoms with Crippen molar-refractivity contribution >= 4 is 5.91 Å². The summed E-state index contributed by atoms with van der Waals surface area (Å²) in [5.41, 5.74) is -0.0962. The summed E-state index contributed by atoms with van der Waals surface area (Å²) in [4.78, 5) is 52.6. The fraction of sp³-hybridized carbons (Fsp3) is 0.364. The maximum atomic E-state index is 13.0. The SMILES string of the molecule is C=CCn1c(=O)n(CC=C)c(=O)n(CC(=O)N(C)C2CCCc3ccccc32)c1=O. The molecule has 1 heterocycles. The van der Waals surface area contributed by atoms with Crippen molar-refractivity contribution in [3.05, 3.63) is 92.2 Å². The van der Waals surface area contributed by atoms with E-state index >= 15 is 0 Å². The van der Waals surface area contributed by atoms with E-state index in [0.717, 1.165) is 38.5 Å². The second-order valence-corrected chi connectivity index (χ2v) is 7.34. The first-order valence-corrected chi connectivity index (χ1v) is 9.90. The molecule has 158 valence electrons. The number of hydrogen-bond donors (Lipinski definition) is 0. The van der Waals surface area contributed by atoms with E-state index in [0.29, 0.717) is 0 Å². The van der Waals surface area contributed by atoms with Crippen molar-refractivity contribution in [3.8, 4) is 0 Å². The first-order chi connectivity index (χ1) is 14.4. The lowest BCUT2D eigenvalue weighted by molar-refractivity contribution is -0.133. The zero-order valence-electron chi connectivity index (χ0n) is 17.1. The van der Waals surface area contributed by atoms with Crippen molar-refractivity contribution < 1.29 is 4.79 Å². The minimum atomic E-state index is -0.823. The summed E-state index contributed by atoms with van der Waals surface area (Å²) in [6.45, 7) is 6.53. The number of nitrogens with zero attached hydrogens (tertiary/aromatic N) is 4. The van der Waals surface area contributed by atoms with Crippen LogP contribution in [-0.4, -0.2) is 31.6 Å². The highest BCUT2D eigenvalue weighted by atomic mass is 16.2. The molecule has 0 saturated carbocycles. The van der Waals surface area contributed by atoms with Gasteiger partial charge in [0.2, 0.25) is 5.91 Å². The van der Waals surface area contributed by atoms with Crippen LogP contribution in [0, 0.1) is 0 Å². The molecule has 1 aromatic heterocycles. The molecular formula is C22H26N4O4. The molecule has 8 nitrogen and oxygen atoms in total. The molecule has 2 aromatic rings. The zero-order valence-corrected chi connectivity index (χ0v) is 17.1. The van der Waals surface area contributed by atoms with Crippen molar-refractivity contribution in [1.29, 1.82) is 0 Å². The number of aromatic nitrogens is 3. The number of carbonyl (C=O) groups is 1. The highest BCUT2D eigenvalue weighted by Crippen LogP contribution is 2.33. The Bertz CT molecular complexity index is 1110. The van der Waals surface area contributed by atoms with E-state index in [-0.39, 0.29) is 25.0 Å². The molecule has 1 unspecified atom stereocenters. The topological polar surface area (TPSA) is 86.3 Å². The van der Waals surface area contributed by atoms with E-state index in [9.17, 15) is 19.2 Å². The Morgan fingerprint density at radius 1 is 1.03 bits per heavy atom. The second-order valence-electron chi connectivity index (χ2n) is 7.34. The molecule has 0 spiro atoms. The highest BCUT2D eigenvalue weighted by molar-refractivity contribution is 5.76. The molecule has 0 saturated heterocycles. The highest BCUT2D eigenvalue weighted by Gasteiger charge is 2.27. The third kappa shape index (κ3) is 3.85. The van der Waals surface area contributed by atoms with Gasteiger partial charge >= 0.3 is 17.1 Å². The molecule has 0 bridgehead atoms. The fourth-order valence-corrected chi connectivity index (χ4v) is 3.94. The molecule has 0 fully saturated rings. The van der Waals surface area contributed by atoms with Crippen molar-refractivity contribution in [3.63, 3.8) is 0 Å². The Morgan fingerprint density at radius 2 is 1.60 bits per heavy atom. The summed E-state index contributed by atoms with van der Waals surface area (Å²) < 4.78 is 2.59. The largest absolute Gasteiger partial charge is 0.337 e. The van der Waals surface area contributed by atoms with E-state index in [2.05, 4.69) is 19.2 Å². The van der Waals surface area contributed by atoms with Gasteiger partial charge in [0.25, 0.3) is 0 Å². The summed E-state index contributed by atoms with van der Waals surface area (Å²) >= 11 is 0. The van der Waals surface area contributed by atoms with Gasteiger partial charge in [-0.1, -0.05) is 36.4 Å². The monoisotopic (exact) mass is 410 g/mol. The van der Waals surface area contributed by atoms with E-state index in [1.54, 1.807) is 11.9 Å². The van der Waals surface area contributed by atoms with E-state index in [1.165, 1.54) is 17.7 Å². The Labute approximate surface area is 174 Å². The van der Waals surface area contributed by atoms with E-state index in [4.69, 9.17) is 0 Å². The molecule has 1 atom stereocenters. The van der Waals surface area contributed by atoms with Gasteiger partial charge in [0.15, 0.2) is 0 Å². The molecule has 3 rings (SSSR count). The predicted molar refractivity (Wildman–Crippen MR) is 115 cm³/mol. The second kappa shape index (κ2) is 8.94. The lowest BCUT2D eigenvalue weighted by atomic mass is 9.87. The number of allylic oxidation sites excluding steroid dienone is 2. The number of benzene rings is 1. The minimum Gasteiger partial charge on any atom is -0.337 e. The fourth-order valence-electron chi connectivity index (χ4n) is 3.94. The number of fused-ring (bicyclic) bond motifs is 1. The molecule has 0 aliphatic heterocycles. The van der Waals surface area contributed by atoms with Gasteiger partial charge in [-0.25, -0.2) is 28.1 Å². The van der Waals surface area contributed by atoms with Gasteiger partial charge < -0.3 is 4.90 Å². The Morgan fingerprint density at radius 3 is 2.20 bits per heavy atom. The third-order valence-electron chi connectivity index (χ3n) is 5.50. The maximum absolute atomic E-state index is 13.0. The first-order valence-electron chi connectivity index (χ1n) is 9.90. The van der Waals surface area contributed by atoms with Crippen LogP contribution in [0.1, 0.15) is 30.0 Å². The Hall–Kier alpha value is -3.42. The van der Waals surface area contributed by atoms with Gasteiger partial charge in [0, 0.05) is 7.05 Å². The first kappa shape index (κ1) is 21.3. The van der Waals surface area contributed by atoms with E-state index in [1.807, 2.05) is 18.2 Å². The number of carbonyl (C=O) groups excluding carboxylic acids is 1. The van der Waals surface area contributed by atoms with Crippen LogP contribution in [0.15, 0.2) is 64.0 Å². The zero-order chi connectivity index (χ0) is 21.8. The van der Waals surface area contributed by atoms with Crippen molar-refractivity contribution in [1.82, 2.24) is 18.6 Å². The standard InChI is InChI=1S/C22H26N4O4/c1-4-13-24-20(28)25(14-5-2)22(30)26(21(24)29)15-19(27)23(3)18-12-8-10-16-9-6-7-11-17(16)18/h4-7,9,11,18H,1-2,8,10,12-15H2,3H3. The normalized spacial score (nSPS) is 15.3. The van der Waals surface area contributed by atoms with Crippen LogP contribution in [0.3, 0.4) is 0 Å². The van der Waals surface area contributed by atoms with Crippen molar-refractivity contribution in [2.75, 3.05) is 7.05 Å². The molecule has 1 aliphatic carbocycles. The van der Waals surface area contributed by atoms with Crippen LogP contribution in [0.4, 0.5) is 0 Å². The maximum Gasteiger partial charge on any atom is 0.337 e. The molecule has 8 heteroatoms. The summed E-state index contributed by atoms with van der Waals surface area (Å²) in [5.74, 6) is -0.371. The summed E-state index contributed by atoms with van der Waals surface area (Å²) in [7, 11) is 1.68. The Kier molecular flexibility index (Phi) is 6.34. The van der Waals surface area contributed by atoms with Gasteiger partial charge in [-0.05, 0) is 30.4 Å². The molecular weight excluding hydrogens is 384 g/mol.